The number of likely N-dealkylation sites (tertiary alicyclic amines) is 1. The van der Waals surface area contributed by atoms with Crippen molar-refractivity contribution in [3.05, 3.63) is 180 Å². The number of nitrogens with two attached hydrogens (primary N) is 1. The van der Waals surface area contributed by atoms with E-state index in [0.717, 1.165) is 61.4 Å². The van der Waals surface area contributed by atoms with Gasteiger partial charge in [-0.1, -0.05) is 64.5 Å². The van der Waals surface area contributed by atoms with Crippen molar-refractivity contribution in [2.45, 2.75) is 89.3 Å². The number of alkyl halides is 1. The highest BCUT2D eigenvalue weighted by atomic mass is 79.9. The quantitative estimate of drug-likeness (QED) is 0.0632. The fourth-order valence-corrected chi connectivity index (χ4v) is 7.96. The predicted molar refractivity (Wildman–Crippen MR) is 281 cm³/mol. The van der Waals surface area contributed by atoms with Gasteiger partial charge in [-0.2, -0.15) is 5.26 Å². The number of pyridine rings is 4. The fourth-order valence-electron chi connectivity index (χ4n) is 7.58. The van der Waals surface area contributed by atoms with E-state index in [1.54, 1.807) is 63.0 Å². The van der Waals surface area contributed by atoms with Gasteiger partial charge in [-0.25, -0.2) is 4.98 Å². The second kappa shape index (κ2) is 34.1. The Morgan fingerprint density at radius 2 is 1.37 bits per heavy atom. The van der Waals surface area contributed by atoms with E-state index >= 15 is 0 Å². The van der Waals surface area contributed by atoms with Gasteiger partial charge in [-0.05, 0) is 137 Å². The molecule has 15 heteroatoms. The van der Waals surface area contributed by atoms with E-state index in [1.807, 2.05) is 80.0 Å². The monoisotopic (exact) mass is 1030 g/mol. The first-order valence-corrected chi connectivity index (χ1v) is 25.2. The molecule has 3 fully saturated rings. The number of carbonyl (C=O) groups is 2. The van der Waals surface area contributed by atoms with E-state index in [9.17, 15) is 9.59 Å². The van der Waals surface area contributed by atoms with Crippen LogP contribution in [0.1, 0.15) is 122 Å². The highest BCUT2D eigenvalue weighted by Gasteiger charge is 2.31. The zero-order valence-electron chi connectivity index (χ0n) is 41.4. The van der Waals surface area contributed by atoms with Crippen LogP contribution in [0.5, 0.6) is 11.5 Å². The minimum atomic E-state index is -0.0808. The number of hydrogen-bond donors (Lipinski definition) is 2. The summed E-state index contributed by atoms with van der Waals surface area (Å²) < 4.78 is 20.5. The number of hydrogen-bond acceptors (Lipinski definition) is 14. The van der Waals surface area contributed by atoms with Crippen LogP contribution in [0.3, 0.4) is 0 Å². The number of halogens is 1. The maximum atomic E-state index is 11.2. The van der Waals surface area contributed by atoms with E-state index < -0.39 is 0 Å². The molecule has 376 valence electrons. The van der Waals surface area contributed by atoms with Crippen molar-refractivity contribution in [3.63, 3.8) is 0 Å². The summed E-state index contributed by atoms with van der Waals surface area (Å²) >= 11 is 3.30. The van der Waals surface area contributed by atoms with Gasteiger partial charge in [0, 0.05) is 67.5 Å². The van der Waals surface area contributed by atoms with Crippen molar-refractivity contribution in [2.75, 3.05) is 45.9 Å². The Labute approximate surface area is 428 Å². The topological polar surface area (TPSA) is 188 Å². The van der Waals surface area contributed by atoms with Crippen molar-refractivity contribution >= 4 is 28.0 Å². The Bertz CT molecular complexity index is 2350. The van der Waals surface area contributed by atoms with Crippen LogP contribution >= 0.6 is 15.9 Å². The van der Waals surface area contributed by atoms with Gasteiger partial charge >= 0.3 is 0 Å². The minimum absolute atomic E-state index is 0.0642. The first kappa shape index (κ1) is 57.3. The van der Waals surface area contributed by atoms with Crippen LogP contribution in [0.2, 0.25) is 0 Å². The Hall–Kier alpha value is -6.25. The fraction of sp³-hybridized carbons (Fsp3) is 0.375. The number of Topliss-reactive ketones (excluding diaryl/α,β-unsaturated/α-hetero) is 1. The van der Waals surface area contributed by atoms with Crippen LogP contribution in [0.4, 0.5) is 0 Å². The van der Waals surface area contributed by atoms with E-state index in [0.29, 0.717) is 29.5 Å². The maximum Gasteiger partial charge on any atom is 0.181 e. The van der Waals surface area contributed by atoms with Crippen molar-refractivity contribution in [2.24, 2.45) is 5.73 Å². The third kappa shape index (κ3) is 21.3. The van der Waals surface area contributed by atoms with Crippen molar-refractivity contribution in [1.29, 1.82) is 5.26 Å². The molecule has 3 saturated heterocycles. The SMILES string of the molecule is BrCCC1OCCO1.COc1ccc([C@@H](C)N)cc1.COc1ccc([C@@H](C)N2CCC[C@H]2c2ccccn2)cc1.N#Cc1ccccn1.O=CCCC(=O)c1ccccn1.c1ccc([C@@H]2CCCN2)nc1. The molecule has 0 amide bonds. The van der Waals surface area contributed by atoms with Gasteiger partial charge in [-0.3, -0.25) is 24.6 Å². The third-order valence-corrected chi connectivity index (χ3v) is 11.9. The molecule has 3 N–H and O–H groups in total. The van der Waals surface area contributed by atoms with E-state index in [1.165, 1.54) is 42.6 Å². The van der Waals surface area contributed by atoms with E-state index in [-0.39, 0.29) is 31.0 Å². The molecule has 0 radical (unpaired) electrons. The van der Waals surface area contributed by atoms with Crippen molar-refractivity contribution in [3.8, 4) is 17.6 Å². The average molecular weight is 1030 g/mol. The number of benzene rings is 2. The second-order valence-corrected chi connectivity index (χ2v) is 17.2. The Morgan fingerprint density at radius 3 is 1.83 bits per heavy atom. The zero-order chi connectivity index (χ0) is 50.9. The predicted octanol–water partition coefficient (Wildman–Crippen LogP) is 10.6. The van der Waals surface area contributed by atoms with Gasteiger partial charge in [0.2, 0.25) is 0 Å². The third-order valence-electron chi connectivity index (χ3n) is 11.4. The summed E-state index contributed by atoms with van der Waals surface area (Å²) in [6, 6.07) is 42.2. The smallest absolute Gasteiger partial charge is 0.181 e. The number of ether oxygens (including phenoxy) is 4. The van der Waals surface area contributed by atoms with E-state index in [2.05, 4.69) is 83.3 Å². The number of aromatic nitrogens is 4. The first-order chi connectivity index (χ1) is 34.7. The lowest BCUT2D eigenvalue weighted by Crippen LogP contribution is -2.27. The lowest BCUT2D eigenvalue weighted by molar-refractivity contribution is -0.107. The zero-order valence-corrected chi connectivity index (χ0v) is 43.0. The molecule has 3 aliphatic rings. The van der Waals surface area contributed by atoms with Gasteiger partial charge in [0.25, 0.3) is 0 Å². The maximum absolute atomic E-state index is 11.2. The van der Waals surface area contributed by atoms with Crippen molar-refractivity contribution < 1.29 is 28.5 Å². The molecular weight excluding hydrogens is 961 g/mol. The second-order valence-electron chi connectivity index (χ2n) is 16.4. The Kier molecular flexibility index (Phi) is 27.6. The Balaban J connectivity index is 0.000000193. The summed E-state index contributed by atoms with van der Waals surface area (Å²) in [5, 5.41) is 12.6. The molecular formula is C56H69BrN8O6. The number of rotatable bonds is 13. The molecule has 2 aromatic carbocycles. The van der Waals surface area contributed by atoms with Crippen LogP contribution in [-0.4, -0.2) is 89.0 Å². The van der Waals surface area contributed by atoms with Crippen LogP contribution in [-0.2, 0) is 14.3 Å². The molecule has 0 bridgehead atoms. The summed E-state index contributed by atoms with van der Waals surface area (Å²) in [4.78, 5) is 40.2. The van der Waals surface area contributed by atoms with Crippen LogP contribution < -0.4 is 20.5 Å². The molecule has 3 aliphatic heterocycles. The van der Waals surface area contributed by atoms with Gasteiger partial charge in [0.15, 0.2) is 12.1 Å². The van der Waals surface area contributed by atoms with Crippen LogP contribution in [0.25, 0.3) is 0 Å². The number of nitrogens with zero attached hydrogens (tertiary/aromatic N) is 6. The first-order valence-electron chi connectivity index (χ1n) is 24.0. The summed E-state index contributed by atoms with van der Waals surface area (Å²) in [6.45, 7) is 8.04. The summed E-state index contributed by atoms with van der Waals surface area (Å²) in [6.07, 6.45) is 14.1. The number of nitrogens with one attached hydrogen (secondary N) is 1. The molecule has 0 saturated carbocycles. The molecule has 0 aliphatic carbocycles. The number of methoxy groups -OCH3 is 2. The van der Waals surface area contributed by atoms with Crippen LogP contribution in [0.15, 0.2) is 146 Å². The molecule has 6 aromatic rings. The van der Waals surface area contributed by atoms with Crippen LogP contribution in [0, 0.1) is 11.3 Å². The number of nitriles is 1. The van der Waals surface area contributed by atoms with Gasteiger partial charge < -0.3 is 34.8 Å². The van der Waals surface area contributed by atoms with Gasteiger partial charge in [0.05, 0.1) is 44.9 Å². The highest BCUT2D eigenvalue weighted by Crippen LogP contribution is 2.38. The normalized spacial score (nSPS) is 16.6. The average Bonchev–Trinajstić information content (AvgIpc) is 4.28. The molecule has 0 spiro atoms. The summed E-state index contributed by atoms with van der Waals surface area (Å²) in [5.41, 5.74) is 11.4. The summed E-state index contributed by atoms with van der Waals surface area (Å²) in [5.74, 6) is 1.70. The summed E-state index contributed by atoms with van der Waals surface area (Å²) in [7, 11) is 3.36. The minimum Gasteiger partial charge on any atom is -0.497 e. The molecule has 9 rings (SSSR count). The number of ketones is 1. The van der Waals surface area contributed by atoms with Gasteiger partial charge in [-0.15, -0.1) is 0 Å². The highest BCUT2D eigenvalue weighted by molar-refractivity contribution is 9.09. The molecule has 14 nitrogen and oxygen atoms in total. The lowest BCUT2D eigenvalue weighted by Gasteiger charge is -2.30. The van der Waals surface area contributed by atoms with Crippen molar-refractivity contribution in [1.82, 2.24) is 30.2 Å². The standard InChI is InChI=1S/C18H22N2O.C9H12N2.C9H9NO2.C9H13NO.C6H4N2.C5H9BrO2/c1-14(15-8-10-16(21-2)11-9-15)20-13-5-7-18(20)17-6-3-4-12-19-17;1-2-6-10-8(4-1)9-5-3-7-11-9;11-7-3-5-9(12)8-4-1-2-6-10-8;1-7(10)8-3-5-9(11-2)6-4-8;7-5-6-3-1-2-4-8-6;6-2-1-5-7-3-4-8-5/h3-4,6,8-12,14,18H,5,7,13H2,1-2H3;1-2,4,6,9,11H,3,5,7H2;1-2,4,6-7H,3,5H2;3-7H,10H2,1-2H3;1-4H;5H,1-4H2/t14-,18+;9-;;7-;;/m10.1../s1. The molecule has 7 heterocycles. The number of aldehydes is 1. The Morgan fingerprint density at radius 1 is 0.789 bits per heavy atom. The molecule has 0 unspecified atom stereocenters. The molecule has 71 heavy (non-hydrogen) atoms. The van der Waals surface area contributed by atoms with E-state index in [4.69, 9.17) is 29.9 Å². The molecule has 4 atom stereocenters. The largest absolute Gasteiger partial charge is 0.497 e. The van der Waals surface area contributed by atoms with Gasteiger partial charge in [0.1, 0.15) is 35.2 Å². The lowest BCUT2D eigenvalue weighted by atomic mass is 10.0. The number of carbonyl (C=O) groups excluding carboxylic acids is 2. The molecule has 4 aromatic heterocycles.